The van der Waals surface area contributed by atoms with Crippen LogP contribution in [0.15, 0.2) is 18.2 Å². The van der Waals surface area contributed by atoms with Crippen LogP contribution in [0.1, 0.15) is 19.4 Å². The lowest BCUT2D eigenvalue weighted by Gasteiger charge is -2.11. The topological polar surface area (TPSA) is 9.23 Å². The molecule has 0 fully saturated rings. The van der Waals surface area contributed by atoms with Gasteiger partial charge in [0.25, 0.3) is 0 Å². The highest BCUT2D eigenvalue weighted by atomic mass is 35.5. The zero-order valence-corrected chi connectivity index (χ0v) is 10.1. The molecule has 3 heteroatoms. The number of aryl methyl sites for hydroxylation is 1. The lowest BCUT2D eigenvalue weighted by molar-refractivity contribution is 0.242. The summed E-state index contributed by atoms with van der Waals surface area (Å²) in [6.07, 6.45) is 1.09. The van der Waals surface area contributed by atoms with E-state index in [2.05, 4.69) is 12.6 Å². The van der Waals surface area contributed by atoms with Gasteiger partial charge in [0.05, 0.1) is 11.1 Å². The van der Waals surface area contributed by atoms with Crippen LogP contribution < -0.4 is 4.74 Å². The van der Waals surface area contributed by atoms with Crippen LogP contribution in [0.4, 0.5) is 0 Å². The van der Waals surface area contributed by atoms with Crippen LogP contribution in [0.2, 0.25) is 5.02 Å². The van der Waals surface area contributed by atoms with E-state index in [1.807, 2.05) is 32.0 Å². The summed E-state index contributed by atoms with van der Waals surface area (Å²) in [6, 6.07) is 5.89. The Morgan fingerprint density at radius 2 is 2.14 bits per heavy atom. The molecule has 0 bridgehead atoms. The van der Waals surface area contributed by atoms with Crippen LogP contribution in [0, 0.1) is 0 Å². The predicted molar refractivity (Wildman–Crippen MR) is 64.8 cm³/mol. The maximum atomic E-state index is 6.06. The lowest BCUT2D eigenvalue weighted by atomic mass is 10.2. The molecule has 1 rings (SSSR count). The molecule has 0 aromatic heterocycles. The minimum absolute atomic E-state index is 0.156. The summed E-state index contributed by atoms with van der Waals surface area (Å²) in [6.45, 7) is 3.97. The van der Waals surface area contributed by atoms with Crippen molar-refractivity contribution in [2.75, 3.05) is 5.75 Å². The van der Waals surface area contributed by atoms with Crippen molar-refractivity contribution < 1.29 is 4.74 Å². The molecular weight excluding hydrogens is 216 g/mol. The van der Waals surface area contributed by atoms with Gasteiger partial charge < -0.3 is 4.74 Å². The molecule has 0 unspecified atom stereocenters. The van der Waals surface area contributed by atoms with E-state index in [-0.39, 0.29) is 6.10 Å². The van der Waals surface area contributed by atoms with Crippen molar-refractivity contribution in [1.82, 2.24) is 0 Å². The molecule has 0 aliphatic rings. The molecule has 0 N–H and O–H groups in total. The summed E-state index contributed by atoms with van der Waals surface area (Å²) in [7, 11) is 0. The molecule has 0 saturated carbocycles. The van der Waals surface area contributed by atoms with E-state index in [1.165, 1.54) is 5.56 Å². The highest BCUT2D eigenvalue weighted by molar-refractivity contribution is 7.80. The summed E-state index contributed by atoms with van der Waals surface area (Å²) in [5.74, 6) is 1.59. The molecule has 1 aromatic rings. The summed E-state index contributed by atoms with van der Waals surface area (Å²) in [5, 5.41) is 0.679. The number of hydrogen-bond donors (Lipinski definition) is 1. The molecule has 0 aliphatic heterocycles. The number of hydrogen-bond acceptors (Lipinski definition) is 2. The van der Waals surface area contributed by atoms with Gasteiger partial charge in [-0.3, -0.25) is 0 Å². The van der Waals surface area contributed by atoms with Crippen molar-refractivity contribution in [3.8, 4) is 5.75 Å². The Morgan fingerprint density at radius 1 is 1.43 bits per heavy atom. The van der Waals surface area contributed by atoms with E-state index in [4.69, 9.17) is 16.3 Å². The minimum atomic E-state index is 0.156. The van der Waals surface area contributed by atoms with Crippen LogP contribution in [-0.4, -0.2) is 11.9 Å². The second kappa shape index (κ2) is 5.52. The van der Waals surface area contributed by atoms with E-state index in [0.717, 1.165) is 17.9 Å². The number of halogens is 1. The zero-order valence-electron chi connectivity index (χ0n) is 8.46. The van der Waals surface area contributed by atoms with Crippen LogP contribution >= 0.6 is 24.2 Å². The molecule has 0 radical (unpaired) electrons. The Hall–Kier alpha value is -0.340. The van der Waals surface area contributed by atoms with Crippen molar-refractivity contribution >= 4 is 24.2 Å². The predicted octanol–water partition coefficient (Wildman–Crippen LogP) is 3.60. The number of benzene rings is 1. The van der Waals surface area contributed by atoms with Crippen LogP contribution in [0.3, 0.4) is 0 Å². The third-order valence-electron chi connectivity index (χ3n) is 1.76. The zero-order chi connectivity index (χ0) is 10.6. The molecule has 1 aromatic carbocycles. The third kappa shape index (κ3) is 3.43. The van der Waals surface area contributed by atoms with Gasteiger partial charge in [0.1, 0.15) is 5.75 Å². The van der Waals surface area contributed by atoms with E-state index < -0.39 is 0 Å². The molecular formula is C11H15ClOS. The highest BCUT2D eigenvalue weighted by Crippen LogP contribution is 2.26. The number of rotatable bonds is 4. The largest absolute Gasteiger partial charge is 0.489 e. The van der Waals surface area contributed by atoms with Gasteiger partial charge in [-0.25, -0.2) is 0 Å². The van der Waals surface area contributed by atoms with Gasteiger partial charge in [0.2, 0.25) is 0 Å². The molecule has 14 heavy (non-hydrogen) atoms. The molecule has 0 amide bonds. The van der Waals surface area contributed by atoms with Crippen molar-refractivity contribution in [3.05, 3.63) is 28.8 Å². The van der Waals surface area contributed by atoms with E-state index >= 15 is 0 Å². The van der Waals surface area contributed by atoms with Gasteiger partial charge in [-0.15, -0.1) is 0 Å². The van der Waals surface area contributed by atoms with Gasteiger partial charge >= 0.3 is 0 Å². The van der Waals surface area contributed by atoms with Crippen LogP contribution in [-0.2, 0) is 6.42 Å². The lowest BCUT2D eigenvalue weighted by Crippen LogP contribution is -2.06. The molecule has 0 saturated heterocycles. The first kappa shape index (κ1) is 11.7. The second-order valence-corrected chi connectivity index (χ2v) is 4.26. The molecule has 0 aliphatic carbocycles. The Bertz CT molecular complexity index is 299. The van der Waals surface area contributed by atoms with E-state index in [0.29, 0.717) is 5.02 Å². The summed E-state index contributed by atoms with van der Waals surface area (Å²) >= 11 is 10.2. The summed E-state index contributed by atoms with van der Waals surface area (Å²) in [5.41, 5.74) is 1.20. The average Bonchev–Trinajstić information content (AvgIpc) is 2.10. The third-order valence-corrected chi connectivity index (χ3v) is 2.28. The van der Waals surface area contributed by atoms with Gasteiger partial charge in [-0.05, 0) is 43.7 Å². The molecule has 78 valence electrons. The molecule has 1 nitrogen and oxygen atoms in total. The first-order valence-corrected chi connectivity index (χ1v) is 5.70. The van der Waals surface area contributed by atoms with Gasteiger partial charge in [-0.2, -0.15) is 12.6 Å². The Morgan fingerprint density at radius 3 is 2.64 bits per heavy atom. The van der Waals surface area contributed by atoms with Crippen molar-refractivity contribution in [2.24, 2.45) is 0 Å². The minimum Gasteiger partial charge on any atom is -0.489 e. The molecule has 0 spiro atoms. The van der Waals surface area contributed by atoms with Gasteiger partial charge in [-0.1, -0.05) is 17.7 Å². The highest BCUT2D eigenvalue weighted by Gasteiger charge is 2.04. The van der Waals surface area contributed by atoms with Crippen LogP contribution in [0.25, 0.3) is 0 Å². The number of ether oxygens (including phenoxy) is 1. The van der Waals surface area contributed by atoms with Gasteiger partial charge in [0, 0.05) is 0 Å². The normalized spacial score (nSPS) is 10.6. The fourth-order valence-electron chi connectivity index (χ4n) is 1.18. The molecule has 0 atom stereocenters. The van der Waals surface area contributed by atoms with Crippen LogP contribution in [0.5, 0.6) is 5.75 Å². The maximum absolute atomic E-state index is 6.06. The smallest absolute Gasteiger partial charge is 0.138 e. The molecule has 0 heterocycles. The first-order chi connectivity index (χ1) is 6.63. The van der Waals surface area contributed by atoms with E-state index in [9.17, 15) is 0 Å². The first-order valence-electron chi connectivity index (χ1n) is 4.69. The van der Waals surface area contributed by atoms with E-state index in [1.54, 1.807) is 0 Å². The number of thiol groups is 1. The quantitative estimate of drug-likeness (QED) is 0.778. The fourth-order valence-corrected chi connectivity index (χ4v) is 1.68. The SMILES string of the molecule is CC(C)Oc1ccc(CCS)cc1Cl. The Balaban J connectivity index is 2.79. The Labute approximate surface area is 95.8 Å². The van der Waals surface area contributed by atoms with Crippen molar-refractivity contribution in [1.29, 1.82) is 0 Å². The average molecular weight is 231 g/mol. The summed E-state index contributed by atoms with van der Waals surface area (Å²) in [4.78, 5) is 0. The van der Waals surface area contributed by atoms with Crippen molar-refractivity contribution in [3.63, 3.8) is 0 Å². The second-order valence-electron chi connectivity index (χ2n) is 3.40. The Kier molecular flexibility index (Phi) is 4.63. The maximum Gasteiger partial charge on any atom is 0.138 e. The van der Waals surface area contributed by atoms with Gasteiger partial charge in [0.15, 0.2) is 0 Å². The summed E-state index contributed by atoms with van der Waals surface area (Å²) < 4.78 is 5.53. The fraction of sp³-hybridized carbons (Fsp3) is 0.455. The van der Waals surface area contributed by atoms with Crippen molar-refractivity contribution in [2.45, 2.75) is 26.4 Å². The monoisotopic (exact) mass is 230 g/mol. The standard InChI is InChI=1S/C11H15ClOS/c1-8(2)13-11-4-3-9(5-6-14)7-10(11)12/h3-4,7-8,14H,5-6H2,1-2H3.